The molecule has 28 heavy (non-hydrogen) atoms. The average molecular weight is 438 g/mol. The number of amides is 2. The standard InChI is InChI=1S/C21H16BrN3O3/c22-18-7-3-2-6-17(18)21(28)24-16-11-9-14(10-12-16)20(27)25-23-13-15-5-1-4-8-19(15)26/h1-13,26H,(H,24,28)(H,25,27)/b23-13+. The molecule has 0 saturated heterocycles. The lowest BCUT2D eigenvalue weighted by Crippen LogP contribution is -2.18. The molecule has 0 spiro atoms. The van der Waals surface area contributed by atoms with Gasteiger partial charge in [-0.15, -0.1) is 0 Å². The number of rotatable bonds is 5. The molecule has 0 aromatic heterocycles. The third-order valence-electron chi connectivity index (χ3n) is 3.83. The number of phenols is 1. The van der Waals surface area contributed by atoms with Crippen LogP contribution >= 0.6 is 15.9 Å². The van der Waals surface area contributed by atoms with Crippen molar-refractivity contribution in [3.63, 3.8) is 0 Å². The Hall–Kier alpha value is -3.45. The fraction of sp³-hybridized carbons (Fsp3) is 0. The molecule has 2 amide bonds. The Morgan fingerprint density at radius 3 is 2.29 bits per heavy atom. The number of anilines is 1. The first-order valence-corrected chi connectivity index (χ1v) is 9.11. The molecular formula is C21H16BrN3O3. The van der Waals surface area contributed by atoms with Gasteiger partial charge < -0.3 is 10.4 Å². The summed E-state index contributed by atoms with van der Waals surface area (Å²) in [4.78, 5) is 24.4. The van der Waals surface area contributed by atoms with Crippen LogP contribution in [0.4, 0.5) is 5.69 Å². The molecule has 0 radical (unpaired) electrons. The zero-order valence-corrected chi connectivity index (χ0v) is 16.2. The van der Waals surface area contributed by atoms with Crippen molar-refractivity contribution in [1.29, 1.82) is 0 Å². The number of hydrogen-bond acceptors (Lipinski definition) is 4. The van der Waals surface area contributed by atoms with Crippen molar-refractivity contribution in [2.75, 3.05) is 5.32 Å². The van der Waals surface area contributed by atoms with E-state index in [4.69, 9.17) is 0 Å². The van der Waals surface area contributed by atoms with Gasteiger partial charge in [0, 0.05) is 21.3 Å². The molecule has 140 valence electrons. The minimum Gasteiger partial charge on any atom is -0.507 e. The monoisotopic (exact) mass is 437 g/mol. The molecule has 6 nitrogen and oxygen atoms in total. The van der Waals surface area contributed by atoms with Gasteiger partial charge in [-0.05, 0) is 64.5 Å². The van der Waals surface area contributed by atoms with Crippen LogP contribution < -0.4 is 10.7 Å². The summed E-state index contributed by atoms with van der Waals surface area (Å²) < 4.78 is 0.700. The largest absolute Gasteiger partial charge is 0.507 e. The molecule has 3 N–H and O–H groups in total. The Labute approximate surface area is 170 Å². The third-order valence-corrected chi connectivity index (χ3v) is 4.52. The van der Waals surface area contributed by atoms with E-state index in [0.717, 1.165) is 0 Å². The number of halogens is 1. The zero-order valence-electron chi connectivity index (χ0n) is 14.6. The van der Waals surface area contributed by atoms with E-state index in [1.807, 2.05) is 6.07 Å². The third kappa shape index (κ3) is 4.83. The first kappa shape index (κ1) is 19.3. The van der Waals surface area contributed by atoms with Gasteiger partial charge in [-0.1, -0.05) is 24.3 Å². The topological polar surface area (TPSA) is 90.8 Å². The van der Waals surface area contributed by atoms with Crippen molar-refractivity contribution in [2.45, 2.75) is 0 Å². The predicted octanol–water partition coefficient (Wildman–Crippen LogP) is 4.17. The molecule has 3 rings (SSSR count). The van der Waals surface area contributed by atoms with Gasteiger partial charge >= 0.3 is 0 Å². The number of hydrazone groups is 1. The van der Waals surface area contributed by atoms with Crippen molar-refractivity contribution in [3.8, 4) is 5.75 Å². The zero-order chi connectivity index (χ0) is 19.9. The maximum absolute atomic E-state index is 12.3. The van der Waals surface area contributed by atoms with Crippen LogP contribution in [0.25, 0.3) is 0 Å². The summed E-state index contributed by atoms with van der Waals surface area (Å²) in [6.07, 6.45) is 1.36. The second-order valence-electron chi connectivity index (χ2n) is 5.77. The second kappa shape index (κ2) is 8.96. The van der Waals surface area contributed by atoms with Gasteiger partial charge in [0.05, 0.1) is 11.8 Å². The fourth-order valence-electron chi connectivity index (χ4n) is 2.37. The molecule has 3 aromatic carbocycles. The van der Waals surface area contributed by atoms with Crippen LogP contribution in [-0.4, -0.2) is 23.1 Å². The van der Waals surface area contributed by atoms with Crippen LogP contribution in [0.3, 0.4) is 0 Å². The molecule has 0 fully saturated rings. The van der Waals surface area contributed by atoms with Gasteiger partial charge in [-0.3, -0.25) is 9.59 Å². The van der Waals surface area contributed by atoms with Crippen LogP contribution in [-0.2, 0) is 0 Å². The molecule has 7 heteroatoms. The summed E-state index contributed by atoms with van der Waals surface area (Å²) in [5.41, 5.74) is 4.35. The number of hydrogen-bond donors (Lipinski definition) is 3. The highest BCUT2D eigenvalue weighted by atomic mass is 79.9. The Morgan fingerprint density at radius 2 is 1.57 bits per heavy atom. The summed E-state index contributed by atoms with van der Waals surface area (Å²) in [5.74, 6) is -0.585. The van der Waals surface area contributed by atoms with E-state index >= 15 is 0 Å². The maximum Gasteiger partial charge on any atom is 0.271 e. The average Bonchev–Trinajstić information content (AvgIpc) is 2.70. The summed E-state index contributed by atoms with van der Waals surface area (Å²) in [5, 5.41) is 16.3. The van der Waals surface area contributed by atoms with Gasteiger partial charge in [0.2, 0.25) is 0 Å². The van der Waals surface area contributed by atoms with Gasteiger partial charge in [-0.25, -0.2) is 5.43 Å². The van der Waals surface area contributed by atoms with Gasteiger partial charge in [0.15, 0.2) is 0 Å². The van der Waals surface area contributed by atoms with Crippen molar-refractivity contribution < 1.29 is 14.7 Å². The Balaban J connectivity index is 1.61. The number of carbonyl (C=O) groups is 2. The normalized spacial score (nSPS) is 10.6. The highest BCUT2D eigenvalue weighted by Gasteiger charge is 2.10. The summed E-state index contributed by atoms with van der Waals surface area (Å²) in [6.45, 7) is 0. The highest BCUT2D eigenvalue weighted by Crippen LogP contribution is 2.18. The SMILES string of the molecule is O=C(N/N=C/c1ccccc1O)c1ccc(NC(=O)c2ccccc2Br)cc1. The molecule has 0 aliphatic heterocycles. The minimum atomic E-state index is -0.407. The number of aromatic hydroxyl groups is 1. The summed E-state index contributed by atoms with van der Waals surface area (Å²) in [7, 11) is 0. The van der Waals surface area contributed by atoms with Gasteiger partial charge in [-0.2, -0.15) is 5.10 Å². The van der Waals surface area contributed by atoms with Crippen LogP contribution in [0.5, 0.6) is 5.75 Å². The van der Waals surface area contributed by atoms with E-state index in [9.17, 15) is 14.7 Å². The van der Waals surface area contributed by atoms with Crippen LogP contribution in [0.2, 0.25) is 0 Å². The number of nitrogens with one attached hydrogen (secondary N) is 2. The molecular weight excluding hydrogens is 422 g/mol. The van der Waals surface area contributed by atoms with Crippen LogP contribution in [0, 0.1) is 0 Å². The first-order chi connectivity index (χ1) is 13.5. The maximum atomic E-state index is 12.3. The predicted molar refractivity (Wildman–Crippen MR) is 112 cm³/mol. The highest BCUT2D eigenvalue weighted by molar-refractivity contribution is 9.10. The minimum absolute atomic E-state index is 0.0747. The van der Waals surface area contributed by atoms with Crippen LogP contribution in [0.15, 0.2) is 82.4 Å². The lowest BCUT2D eigenvalue weighted by atomic mass is 10.1. The van der Waals surface area contributed by atoms with E-state index in [2.05, 4.69) is 31.8 Å². The van der Waals surface area contributed by atoms with Gasteiger partial charge in [0.25, 0.3) is 11.8 Å². The smallest absolute Gasteiger partial charge is 0.271 e. The quantitative estimate of drug-likeness (QED) is 0.413. The molecule has 0 heterocycles. The first-order valence-electron chi connectivity index (χ1n) is 8.32. The van der Waals surface area contributed by atoms with E-state index in [-0.39, 0.29) is 11.7 Å². The van der Waals surface area contributed by atoms with Crippen LogP contribution in [0.1, 0.15) is 26.3 Å². The van der Waals surface area contributed by atoms with E-state index in [1.54, 1.807) is 60.7 Å². The van der Waals surface area contributed by atoms with Crippen molar-refractivity contribution in [1.82, 2.24) is 5.43 Å². The lowest BCUT2D eigenvalue weighted by molar-refractivity contribution is 0.0954. The van der Waals surface area contributed by atoms with Gasteiger partial charge in [0.1, 0.15) is 5.75 Å². The van der Waals surface area contributed by atoms with Crippen molar-refractivity contribution in [2.24, 2.45) is 5.10 Å². The Morgan fingerprint density at radius 1 is 0.893 bits per heavy atom. The Bertz CT molecular complexity index is 1030. The molecule has 0 atom stereocenters. The number of nitrogens with zero attached hydrogens (tertiary/aromatic N) is 1. The van der Waals surface area contributed by atoms with Crippen molar-refractivity contribution in [3.05, 3.63) is 94.0 Å². The summed E-state index contributed by atoms with van der Waals surface area (Å²) in [6, 6.07) is 20.2. The number of benzene rings is 3. The number of para-hydroxylation sites is 1. The molecule has 0 aliphatic rings. The molecule has 0 unspecified atom stereocenters. The lowest BCUT2D eigenvalue weighted by Gasteiger charge is -2.07. The second-order valence-corrected chi connectivity index (χ2v) is 6.62. The molecule has 0 bridgehead atoms. The molecule has 0 aliphatic carbocycles. The van der Waals surface area contributed by atoms with E-state index < -0.39 is 5.91 Å². The summed E-state index contributed by atoms with van der Waals surface area (Å²) >= 11 is 3.34. The number of carbonyl (C=O) groups excluding carboxylic acids is 2. The van der Waals surface area contributed by atoms with Crippen molar-refractivity contribution >= 4 is 39.6 Å². The fourth-order valence-corrected chi connectivity index (χ4v) is 2.84. The number of phenolic OH excluding ortho intramolecular Hbond substituents is 1. The Kier molecular flexibility index (Phi) is 6.18. The van der Waals surface area contributed by atoms with E-state index in [1.165, 1.54) is 12.3 Å². The molecule has 3 aromatic rings. The van der Waals surface area contributed by atoms with E-state index in [0.29, 0.717) is 26.9 Å². The molecule has 0 saturated carbocycles.